The van der Waals surface area contributed by atoms with Crippen LogP contribution in [0.2, 0.25) is 0 Å². The number of carbonyl (C=O) groups is 5. The second-order valence-electron chi connectivity index (χ2n) is 21.8. The number of alkyl halides is 3. The molecule has 78 heavy (non-hydrogen) atoms. The third kappa shape index (κ3) is 14.7. The van der Waals surface area contributed by atoms with Crippen molar-refractivity contribution >= 4 is 52.1 Å². The molecule has 5 aromatic rings. The Morgan fingerprint density at radius 2 is 1.54 bits per heavy atom. The first-order valence-electron chi connectivity index (χ1n) is 26.5. The standard InChI is InChI=1S/C58H70F4N8O7S/c1-34-30-69(31-35(2)68(34)7)49-21-19-39(24-48(49)67-54(75)44-29-64-51(73)27-45(44)58(60,61)62)43-23-40(18-20-47(43)59)53(74)63-22-12-10-8-9-11-13-41(71)25-46(57(4,5)6)56(77)70-32-42(72)26-50(70)55(76)65-28-37-14-16-38(17-15-37)52-36(3)66-33-78-52/h14-21,23-24,27,29,33-35,42,46,50,72H,8-13,22,25-26,28,30-32H2,1-7H3,(H,63,74)(H,64,73)(H,65,76)(H,67,75)/t34-,35+,42-,46-,50+/m1/s1. The van der Waals surface area contributed by atoms with Gasteiger partial charge >= 0.3 is 6.18 Å². The number of piperazine rings is 1. The highest BCUT2D eigenvalue weighted by molar-refractivity contribution is 7.13. The molecule has 3 aromatic carbocycles. The second-order valence-corrected chi connectivity index (χ2v) is 22.6. The van der Waals surface area contributed by atoms with Crippen molar-refractivity contribution in [1.82, 2.24) is 30.4 Å². The van der Waals surface area contributed by atoms with E-state index in [0.717, 1.165) is 47.0 Å². The SMILES string of the molecule is Cc1ncsc1-c1ccc(CNC(=O)[C@@H]2C[C@@H](O)CN2C(=O)[C@@H](CC(=O)CCCCCCCNC(=O)c2ccc(F)c(-c3ccc(N4C[C@@H](C)N(C)[C@@H](C)C4)c(NC(=O)c4c[nH]c(=O)cc4C(F)(F)F)c3)c2)C(C)(C)C)cc1. The molecule has 2 aromatic heterocycles. The molecule has 4 heterocycles. The molecule has 2 aliphatic rings. The first-order valence-corrected chi connectivity index (χ1v) is 27.3. The maximum Gasteiger partial charge on any atom is 0.417 e. The van der Waals surface area contributed by atoms with Crippen LogP contribution in [0.25, 0.3) is 21.6 Å². The third-order valence-electron chi connectivity index (χ3n) is 14.9. The molecule has 0 saturated carbocycles. The first-order chi connectivity index (χ1) is 36.9. The molecular formula is C58H70F4N8O7S. The van der Waals surface area contributed by atoms with Gasteiger partial charge in [0, 0.05) is 93.4 Å². The zero-order chi connectivity index (χ0) is 56.6. The number of anilines is 2. The van der Waals surface area contributed by atoms with Crippen molar-refractivity contribution in [2.45, 2.75) is 130 Å². The number of nitrogens with one attached hydrogen (secondary N) is 4. The van der Waals surface area contributed by atoms with Gasteiger partial charge in [-0.25, -0.2) is 9.37 Å². The Labute approximate surface area is 456 Å². The number of H-pyrrole nitrogens is 1. The molecule has 7 rings (SSSR count). The Bertz CT molecular complexity index is 3020. The molecule has 0 unspecified atom stereocenters. The van der Waals surface area contributed by atoms with Crippen LogP contribution in [0, 0.1) is 24.1 Å². The summed E-state index contributed by atoms with van der Waals surface area (Å²) in [6.07, 6.45) is -1.27. The third-order valence-corrected chi connectivity index (χ3v) is 15.9. The van der Waals surface area contributed by atoms with Crippen molar-refractivity contribution in [3.63, 3.8) is 0 Å². The number of benzene rings is 3. The minimum absolute atomic E-state index is 0.00422. The van der Waals surface area contributed by atoms with E-state index < -0.39 is 64.0 Å². The van der Waals surface area contributed by atoms with Gasteiger partial charge in [-0.3, -0.25) is 33.7 Å². The fraction of sp³-hybridized carbons (Fsp3) is 0.466. The Balaban J connectivity index is 0.891. The minimum Gasteiger partial charge on any atom is -0.391 e. The van der Waals surface area contributed by atoms with Crippen LogP contribution in [0.15, 0.2) is 83.2 Å². The minimum atomic E-state index is -5.00. The maximum atomic E-state index is 15.6. The molecule has 4 amide bonds. The van der Waals surface area contributed by atoms with E-state index in [1.807, 2.05) is 77.8 Å². The summed E-state index contributed by atoms with van der Waals surface area (Å²) in [5.74, 6) is -3.71. The van der Waals surface area contributed by atoms with Gasteiger partial charge in [-0.05, 0) is 93.1 Å². The molecule has 5 atom stereocenters. The monoisotopic (exact) mass is 1100 g/mol. The number of likely N-dealkylation sites (N-methyl/N-ethyl adjacent to an activating group) is 1. The van der Waals surface area contributed by atoms with E-state index >= 15 is 4.39 Å². The fourth-order valence-electron chi connectivity index (χ4n) is 10.2. The van der Waals surface area contributed by atoms with E-state index in [1.165, 1.54) is 23.1 Å². The number of ketones is 1. The smallest absolute Gasteiger partial charge is 0.391 e. The number of aromatic nitrogens is 2. The molecule has 2 fully saturated rings. The maximum absolute atomic E-state index is 15.6. The van der Waals surface area contributed by atoms with Crippen LogP contribution in [0.1, 0.15) is 124 Å². The summed E-state index contributed by atoms with van der Waals surface area (Å²) in [4.78, 5) is 93.0. The number of aliphatic hydroxyl groups is 1. The molecule has 0 bridgehead atoms. The topological polar surface area (TPSA) is 197 Å². The summed E-state index contributed by atoms with van der Waals surface area (Å²) in [5, 5.41) is 19.0. The number of hydrogen-bond donors (Lipinski definition) is 5. The zero-order valence-corrected chi connectivity index (χ0v) is 46.0. The number of likely N-dealkylation sites (tertiary alicyclic amines) is 1. The summed E-state index contributed by atoms with van der Waals surface area (Å²) >= 11 is 1.56. The molecule has 15 nitrogen and oxygen atoms in total. The summed E-state index contributed by atoms with van der Waals surface area (Å²) in [6.45, 7) is 13.3. The van der Waals surface area contributed by atoms with Crippen molar-refractivity contribution in [2.75, 3.05) is 43.4 Å². The number of unbranched alkanes of at least 4 members (excludes halogenated alkanes) is 4. The molecule has 5 N–H and O–H groups in total. The van der Waals surface area contributed by atoms with Crippen LogP contribution in [-0.2, 0) is 27.1 Å². The highest BCUT2D eigenvalue weighted by Gasteiger charge is 2.44. The van der Waals surface area contributed by atoms with Gasteiger partial charge in [0.25, 0.3) is 11.8 Å². The normalized spacial score (nSPS) is 18.4. The largest absolute Gasteiger partial charge is 0.417 e. The first kappa shape index (κ1) is 58.9. The highest BCUT2D eigenvalue weighted by atomic mass is 32.1. The molecule has 20 heteroatoms. The molecule has 0 radical (unpaired) electrons. The molecule has 0 spiro atoms. The Morgan fingerprint density at radius 1 is 0.859 bits per heavy atom. The second kappa shape index (κ2) is 25.4. The van der Waals surface area contributed by atoms with Crippen LogP contribution >= 0.6 is 11.3 Å². The van der Waals surface area contributed by atoms with Crippen LogP contribution in [0.5, 0.6) is 0 Å². The van der Waals surface area contributed by atoms with Crippen molar-refractivity contribution in [2.24, 2.45) is 11.3 Å². The van der Waals surface area contributed by atoms with Gasteiger partial charge in [-0.2, -0.15) is 13.2 Å². The molecule has 418 valence electrons. The average molecular weight is 1100 g/mol. The lowest BCUT2D eigenvalue weighted by molar-refractivity contribution is -0.146. The number of carbonyl (C=O) groups excluding carboxylic acids is 5. The molecule has 2 saturated heterocycles. The predicted molar refractivity (Wildman–Crippen MR) is 294 cm³/mol. The van der Waals surface area contributed by atoms with Gasteiger partial charge < -0.3 is 35.8 Å². The molecule has 2 aliphatic heterocycles. The Morgan fingerprint density at radius 3 is 2.21 bits per heavy atom. The number of rotatable bonds is 20. The van der Waals surface area contributed by atoms with Crippen LogP contribution in [0.4, 0.5) is 28.9 Å². The number of aromatic amines is 1. The Hall–Kier alpha value is -6.77. The lowest BCUT2D eigenvalue weighted by atomic mass is 9.76. The summed E-state index contributed by atoms with van der Waals surface area (Å²) in [7, 11) is 1.99. The quantitative estimate of drug-likeness (QED) is 0.0370. The van der Waals surface area contributed by atoms with Crippen molar-refractivity contribution in [3.8, 4) is 21.6 Å². The van der Waals surface area contributed by atoms with E-state index in [2.05, 4.69) is 30.8 Å². The highest BCUT2D eigenvalue weighted by Crippen LogP contribution is 2.38. The predicted octanol–water partition coefficient (Wildman–Crippen LogP) is 9.38. The molecule has 0 aliphatic carbocycles. The fourth-order valence-corrected chi connectivity index (χ4v) is 11.0. The number of pyridine rings is 1. The number of β-amino-alcohol motifs (C(OH)–C–C–N with tert-alkyl or cyclic N) is 1. The zero-order valence-electron chi connectivity index (χ0n) is 45.2. The van der Waals surface area contributed by atoms with Gasteiger partial charge in [0.1, 0.15) is 17.6 Å². The van der Waals surface area contributed by atoms with Gasteiger partial charge in [0.2, 0.25) is 17.4 Å². The summed E-state index contributed by atoms with van der Waals surface area (Å²) < 4.78 is 57.6. The Kier molecular flexibility index (Phi) is 19.1. The van der Waals surface area contributed by atoms with Crippen LogP contribution in [-0.4, -0.2) is 112 Å². The number of Topliss-reactive ketones (excluding diaryl/α,β-unsaturated/α-hetero) is 1. The van der Waals surface area contributed by atoms with Gasteiger partial charge in [0.15, 0.2) is 0 Å². The number of aryl methyl sites for hydroxylation is 1. The number of nitrogens with zero attached hydrogens (tertiary/aromatic N) is 4. The lowest BCUT2D eigenvalue weighted by Gasteiger charge is -2.44. The van der Waals surface area contributed by atoms with Gasteiger partial charge in [-0.1, -0.05) is 70.4 Å². The van der Waals surface area contributed by atoms with E-state index in [-0.39, 0.29) is 84.4 Å². The number of thiazole rings is 1. The van der Waals surface area contributed by atoms with Crippen molar-refractivity contribution in [1.29, 1.82) is 0 Å². The number of amides is 4. The van der Waals surface area contributed by atoms with E-state index in [0.29, 0.717) is 50.4 Å². The van der Waals surface area contributed by atoms with Crippen molar-refractivity contribution < 1.29 is 46.6 Å². The molecular weight excluding hydrogens is 1030 g/mol. The van der Waals surface area contributed by atoms with E-state index in [4.69, 9.17) is 0 Å². The van der Waals surface area contributed by atoms with Crippen LogP contribution < -0.4 is 26.4 Å². The summed E-state index contributed by atoms with van der Waals surface area (Å²) in [5.41, 5.74) is 1.88. The van der Waals surface area contributed by atoms with Gasteiger partial charge in [0.05, 0.1) is 44.7 Å². The average Bonchev–Trinajstić information content (AvgIpc) is 4.02. The number of aliphatic hydroxyl groups excluding tert-OH is 1. The number of halogens is 4. The lowest BCUT2D eigenvalue weighted by Crippen LogP contribution is -2.55. The van der Waals surface area contributed by atoms with Gasteiger partial charge in [-0.15, -0.1) is 11.3 Å². The number of hydrogen-bond acceptors (Lipinski definition) is 11. The summed E-state index contributed by atoms with van der Waals surface area (Å²) in [6, 6.07) is 16.1. The van der Waals surface area contributed by atoms with E-state index in [9.17, 15) is 47.0 Å². The van der Waals surface area contributed by atoms with Crippen molar-refractivity contribution in [3.05, 3.63) is 123 Å². The van der Waals surface area contributed by atoms with Crippen LogP contribution in [0.3, 0.4) is 0 Å². The van der Waals surface area contributed by atoms with E-state index in [1.54, 1.807) is 29.0 Å².